The molecule has 122 valence electrons. The molecule has 0 saturated heterocycles. The molecule has 1 aliphatic rings. The molecule has 3 heteroatoms. The molecule has 2 aromatic carbocycles. The third kappa shape index (κ3) is 4.59. The number of nitrogens with one attached hydrogen (secondary N) is 1. The number of aliphatic imine (C=N–C) groups is 1. The Morgan fingerprint density at radius 2 is 1.54 bits per heavy atom. The molecular weight excluding hydrogens is 316 g/mol. The van der Waals surface area contributed by atoms with Gasteiger partial charge < -0.3 is 5.32 Å². The average molecular weight is 337 g/mol. The standard InChI is InChI=1S/C21H21ClN2/c22-21-17(15-23-19-11-3-1-4-12-19)9-7-8-10-18(21)16-24-20-13-5-2-6-14-20/h1-6,11-16,23H,7-10H2/b17-15+,24-16?. The number of para-hydroxylation sites is 2. The second kappa shape index (κ2) is 8.51. The van der Waals surface area contributed by atoms with E-state index in [9.17, 15) is 0 Å². The highest BCUT2D eigenvalue weighted by Gasteiger charge is 2.13. The van der Waals surface area contributed by atoms with Crippen molar-refractivity contribution >= 4 is 29.2 Å². The van der Waals surface area contributed by atoms with Gasteiger partial charge in [0, 0.05) is 23.1 Å². The van der Waals surface area contributed by atoms with E-state index in [-0.39, 0.29) is 0 Å². The molecular formula is C21H21ClN2. The Morgan fingerprint density at radius 3 is 2.29 bits per heavy atom. The molecule has 24 heavy (non-hydrogen) atoms. The lowest BCUT2D eigenvalue weighted by atomic mass is 10.1. The Bertz CT molecular complexity index is 746. The lowest BCUT2D eigenvalue weighted by Gasteiger charge is -2.07. The Balaban J connectivity index is 1.80. The van der Waals surface area contributed by atoms with Gasteiger partial charge in [0.1, 0.15) is 0 Å². The third-order valence-electron chi connectivity index (χ3n) is 4.02. The molecule has 1 N–H and O–H groups in total. The number of nitrogens with zero attached hydrogens (tertiary/aromatic N) is 1. The molecule has 0 unspecified atom stereocenters. The van der Waals surface area contributed by atoms with E-state index in [0.717, 1.165) is 53.2 Å². The first kappa shape index (κ1) is 16.5. The average Bonchev–Trinajstić information content (AvgIpc) is 2.81. The van der Waals surface area contributed by atoms with E-state index < -0.39 is 0 Å². The number of allylic oxidation sites excluding steroid dienone is 3. The van der Waals surface area contributed by atoms with Crippen LogP contribution < -0.4 is 5.32 Å². The second-order valence-corrected chi connectivity index (χ2v) is 6.20. The molecule has 0 heterocycles. The number of benzene rings is 2. The Labute approximate surface area is 148 Å². The Morgan fingerprint density at radius 1 is 0.875 bits per heavy atom. The van der Waals surface area contributed by atoms with Crippen LogP contribution in [-0.4, -0.2) is 6.21 Å². The largest absolute Gasteiger partial charge is 0.361 e. The van der Waals surface area contributed by atoms with Crippen molar-refractivity contribution in [3.63, 3.8) is 0 Å². The van der Waals surface area contributed by atoms with Gasteiger partial charge in [0.05, 0.1) is 5.69 Å². The summed E-state index contributed by atoms with van der Waals surface area (Å²) in [6.07, 6.45) is 8.17. The van der Waals surface area contributed by atoms with Crippen LogP contribution in [0, 0.1) is 0 Å². The predicted molar refractivity (Wildman–Crippen MR) is 104 cm³/mol. The van der Waals surface area contributed by atoms with Crippen LogP contribution in [0.15, 0.2) is 88.0 Å². The van der Waals surface area contributed by atoms with Gasteiger partial charge in [-0.25, -0.2) is 0 Å². The minimum atomic E-state index is 0.829. The van der Waals surface area contributed by atoms with Gasteiger partial charge in [-0.15, -0.1) is 0 Å². The zero-order valence-corrected chi connectivity index (χ0v) is 14.3. The fourth-order valence-corrected chi connectivity index (χ4v) is 2.98. The van der Waals surface area contributed by atoms with Crippen LogP contribution in [0.25, 0.3) is 0 Å². The third-order valence-corrected chi connectivity index (χ3v) is 4.50. The molecule has 0 amide bonds. The van der Waals surface area contributed by atoms with Crippen LogP contribution in [0.3, 0.4) is 0 Å². The van der Waals surface area contributed by atoms with Gasteiger partial charge in [0.2, 0.25) is 0 Å². The predicted octanol–water partition coefficient (Wildman–Crippen LogP) is 6.45. The van der Waals surface area contributed by atoms with E-state index in [4.69, 9.17) is 11.6 Å². The molecule has 0 atom stereocenters. The van der Waals surface area contributed by atoms with Crippen LogP contribution >= 0.6 is 11.6 Å². The van der Waals surface area contributed by atoms with E-state index in [0.29, 0.717) is 0 Å². The molecule has 1 aliphatic carbocycles. The molecule has 0 fully saturated rings. The maximum absolute atomic E-state index is 6.67. The SMILES string of the molecule is ClC1=C(C=Nc2ccccc2)CCCC/C1=C\Nc1ccccc1. The molecule has 2 aromatic rings. The first-order valence-electron chi connectivity index (χ1n) is 8.32. The second-order valence-electron chi connectivity index (χ2n) is 5.82. The van der Waals surface area contributed by atoms with Gasteiger partial charge in [-0.05, 0) is 61.1 Å². The van der Waals surface area contributed by atoms with Crippen molar-refractivity contribution in [2.75, 3.05) is 5.32 Å². The van der Waals surface area contributed by atoms with Crippen molar-refractivity contribution in [3.05, 3.63) is 83.0 Å². The van der Waals surface area contributed by atoms with Gasteiger partial charge >= 0.3 is 0 Å². The van der Waals surface area contributed by atoms with Gasteiger partial charge in [-0.2, -0.15) is 0 Å². The first-order valence-corrected chi connectivity index (χ1v) is 8.69. The monoisotopic (exact) mass is 336 g/mol. The van der Waals surface area contributed by atoms with Crippen LogP contribution in [0.4, 0.5) is 11.4 Å². The zero-order valence-electron chi connectivity index (χ0n) is 13.6. The summed E-state index contributed by atoms with van der Waals surface area (Å²) in [5, 5.41) is 4.17. The summed E-state index contributed by atoms with van der Waals surface area (Å²) in [6, 6.07) is 20.1. The fraction of sp³-hybridized carbons (Fsp3) is 0.190. The van der Waals surface area contributed by atoms with Crippen LogP contribution in [-0.2, 0) is 0 Å². The van der Waals surface area contributed by atoms with E-state index >= 15 is 0 Å². The van der Waals surface area contributed by atoms with E-state index in [1.807, 2.05) is 73.1 Å². The molecule has 0 bridgehead atoms. The van der Waals surface area contributed by atoms with Crippen molar-refractivity contribution in [2.45, 2.75) is 25.7 Å². The van der Waals surface area contributed by atoms with Crippen LogP contribution in [0.1, 0.15) is 25.7 Å². The number of anilines is 1. The number of rotatable bonds is 4. The molecule has 3 rings (SSSR count). The highest BCUT2D eigenvalue weighted by atomic mass is 35.5. The Hall–Kier alpha value is -2.32. The van der Waals surface area contributed by atoms with Crippen molar-refractivity contribution in [3.8, 4) is 0 Å². The smallest absolute Gasteiger partial charge is 0.0629 e. The summed E-state index contributed by atoms with van der Waals surface area (Å²) >= 11 is 6.67. The lowest BCUT2D eigenvalue weighted by molar-refractivity contribution is 0.759. The highest BCUT2D eigenvalue weighted by molar-refractivity contribution is 6.33. The molecule has 0 radical (unpaired) electrons. The minimum Gasteiger partial charge on any atom is -0.361 e. The first-order chi connectivity index (χ1) is 11.8. The summed E-state index contributed by atoms with van der Waals surface area (Å²) < 4.78 is 0. The van der Waals surface area contributed by atoms with Crippen LogP contribution in [0.2, 0.25) is 0 Å². The minimum absolute atomic E-state index is 0.829. The summed E-state index contributed by atoms with van der Waals surface area (Å²) in [6.45, 7) is 0. The van der Waals surface area contributed by atoms with Crippen molar-refractivity contribution in [1.29, 1.82) is 0 Å². The van der Waals surface area contributed by atoms with Crippen molar-refractivity contribution in [2.24, 2.45) is 4.99 Å². The lowest BCUT2D eigenvalue weighted by Crippen LogP contribution is -1.94. The van der Waals surface area contributed by atoms with E-state index in [1.165, 1.54) is 0 Å². The molecule has 0 saturated carbocycles. The van der Waals surface area contributed by atoms with Crippen molar-refractivity contribution < 1.29 is 0 Å². The normalized spacial score (nSPS) is 17.3. The summed E-state index contributed by atoms with van der Waals surface area (Å²) in [5.74, 6) is 0. The summed E-state index contributed by atoms with van der Waals surface area (Å²) in [5.41, 5.74) is 4.27. The maximum Gasteiger partial charge on any atom is 0.0629 e. The topological polar surface area (TPSA) is 24.4 Å². The van der Waals surface area contributed by atoms with Gasteiger partial charge in [0.15, 0.2) is 0 Å². The number of hydrogen-bond acceptors (Lipinski definition) is 2. The molecule has 2 nitrogen and oxygen atoms in total. The van der Waals surface area contributed by atoms with Crippen molar-refractivity contribution in [1.82, 2.24) is 0 Å². The van der Waals surface area contributed by atoms with Gasteiger partial charge in [-0.1, -0.05) is 48.0 Å². The fourth-order valence-electron chi connectivity index (χ4n) is 2.68. The van der Waals surface area contributed by atoms with Gasteiger partial charge in [0.25, 0.3) is 0 Å². The highest BCUT2D eigenvalue weighted by Crippen LogP contribution is 2.30. The summed E-state index contributed by atoms with van der Waals surface area (Å²) in [4.78, 5) is 4.56. The number of halogens is 1. The van der Waals surface area contributed by atoms with E-state index in [2.05, 4.69) is 10.3 Å². The van der Waals surface area contributed by atoms with Gasteiger partial charge in [-0.3, -0.25) is 4.99 Å². The van der Waals surface area contributed by atoms with E-state index in [1.54, 1.807) is 0 Å². The zero-order chi connectivity index (χ0) is 16.6. The summed E-state index contributed by atoms with van der Waals surface area (Å²) in [7, 11) is 0. The Kier molecular flexibility index (Phi) is 5.86. The molecule has 0 spiro atoms. The number of hydrogen-bond donors (Lipinski definition) is 1. The van der Waals surface area contributed by atoms with Crippen LogP contribution in [0.5, 0.6) is 0 Å². The maximum atomic E-state index is 6.67. The quantitative estimate of drug-likeness (QED) is 0.637. The molecule has 0 aliphatic heterocycles. The molecule has 0 aromatic heterocycles.